The van der Waals surface area contributed by atoms with Gasteiger partial charge >= 0.3 is 0 Å². The van der Waals surface area contributed by atoms with Crippen molar-refractivity contribution >= 4 is 10.0 Å². The molecule has 1 saturated heterocycles. The fourth-order valence-corrected chi connectivity index (χ4v) is 3.97. The van der Waals surface area contributed by atoms with Gasteiger partial charge in [-0.25, -0.2) is 17.1 Å². The van der Waals surface area contributed by atoms with Crippen molar-refractivity contribution in [1.82, 2.24) is 4.31 Å². The van der Waals surface area contributed by atoms with Gasteiger partial charge in [-0.2, -0.15) is 0 Å². The molecule has 1 atom stereocenters. The van der Waals surface area contributed by atoms with Crippen LogP contribution >= 0.6 is 0 Å². The number of aryl methyl sites for hydroxylation is 1. The summed E-state index contributed by atoms with van der Waals surface area (Å²) in [5.41, 5.74) is 0.987. The van der Waals surface area contributed by atoms with Crippen LogP contribution in [0, 0.1) is 11.7 Å². The second-order valence-electron chi connectivity index (χ2n) is 5.44. The SMILES string of the molecule is CCS(=O)(=O)N1CCC[C@H](CCc2cccc(F)c2)C1. The molecule has 5 heteroatoms. The molecule has 0 amide bonds. The van der Waals surface area contributed by atoms with Crippen molar-refractivity contribution in [3.63, 3.8) is 0 Å². The Balaban J connectivity index is 1.90. The van der Waals surface area contributed by atoms with Gasteiger partial charge in [0.2, 0.25) is 10.0 Å². The smallest absolute Gasteiger partial charge is 0.212 e. The summed E-state index contributed by atoms with van der Waals surface area (Å²) in [5.74, 6) is 0.346. The second kappa shape index (κ2) is 6.68. The van der Waals surface area contributed by atoms with Gasteiger partial charge in [-0.3, -0.25) is 0 Å². The Morgan fingerprint density at radius 2 is 2.20 bits per heavy atom. The highest BCUT2D eigenvalue weighted by molar-refractivity contribution is 7.89. The van der Waals surface area contributed by atoms with E-state index in [2.05, 4.69) is 0 Å². The zero-order valence-corrected chi connectivity index (χ0v) is 12.7. The van der Waals surface area contributed by atoms with E-state index in [1.165, 1.54) is 6.07 Å². The van der Waals surface area contributed by atoms with Gasteiger partial charge < -0.3 is 0 Å². The lowest BCUT2D eigenvalue weighted by molar-refractivity contribution is 0.256. The summed E-state index contributed by atoms with van der Waals surface area (Å²) < 4.78 is 38.5. The molecule has 1 aromatic rings. The first kappa shape index (κ1) is 15.4. The summed E-state index contributed by atoms with van der Waals surface area (Å²) in [4.78, 5) is 0. The molecule has 3 nitrogen and oxygen atoms in total. The van der Waals surface area contributed by atoms with Crippen LogP contribution < -0.4 is 0 Å². The molecular formula is C15H22FNO2S. The van der Waals surface area contributed by atoms with E-state index in [-0.39, 0.29) is 11.6 Å². The summed E-state index contributed by atoms with van der Waals surface area (Å²) in [5, 5.41) is 0. The molecule has 0 radical (unpaired) electrons. The van der Waals surface area contributed by atoms with Gasteiger partial charge in [0.1, 0.15) is 5.82 Å². The summed E-state index contributed by atoms with van der Waals surface area (Å²) in [6.45, 7) is 2.95. The summed E-state index contributed by atoms with van der Waals surface area (Å²) in [6.07, 6.45) is 3.71. The Morgan fingerprint density at radius 3 is 2.90 bits per heavy atom. The molecule has 1 aromatic carbocycles. The highest BCUT2D eigenvalue weighted by Gasteiger charge is 2.27. The molecule has 0 bridgehead atoms. The molecule has 1 heterocycles. The molecule has 1 fully saturated rings. The normalized spacial score (nSPS) is 21.0. The van der Waals surface area contributed by atoms with E-state index >= 15 is 0 Å². The summed E-state index contributed by atoms with van der Waals surface area (Å²) in [7, 11) is -3.07. The van der Waals surface area contributed by atoms with Crippen molar-refractivity contribution in [1.29, 1.82) is 0 Å². The van der Waals surface area contributed by atoms with Crippen LogP contribution in [-0.2, 0) is 16.4 Å². The molecule has 0 unspecified atom stereocenters. The third kappa shape index (κ3) is 4.03. The van der Waals surface area contributed by atoms with Gasteiger partial charge in [-0.05, 0) is 56.2 Å². The number of hydrogen-bond donors (Lipinski definition) is 0. The van der Waals surface area contributed by atoms with Crippen LogP contribution in [0.25, 0.3) is 0 Å². The van der Waals surface area contributed by atoms with Crippen LogP contribution in [0.5, 0.6) is 0 Å². The van der Waals surface area contributed by atoms with Crippen molar-refractivity contribution in [2.45, 2.75) is 32.6 Å². The average molecular weight is 299 g/mol. The fourth-order valence-electron chi connectivity index (χ4n) is 2.76. The second-order valence-corrected chi connectivity index (χ2v) is 7.69. The Bertz CT molecular complexity index is 545. The molecule has 0 saturated carbocycles. The fraction of sp³-hybridized carbons (Fsp3) is 0.600. The lowest BCUT2D eigenvalue weighted by Crippen LogP contribution is -2.40. The Hall–Kier alpha value is -0.940. The van der Waals surface area contributed by atoms with E-state index in [9.17, 15) is 12.8 Å². The highest BCUT2D eigenvalue weighted by Crippen LogP contribution is 2.23. The Kier molecular flexibility index (Phi) is 5.16. The van der Waals surface area contributed by atoms with Gasteiger partial charge in [0, 0.05) is 13.1 Å². The van der Waals surface area contributed by atoms with E-state index in [0.717, 1.165) is 31.2 Å². The molecule has 1 aliphatic heterocycles. The van der Waals surface area contributed by atoms with Crippen LogP contribution in [0.3, 0.4) is 0 Å². The first-order chi connectivity index (χ1) is 9.51. The van der Waals surface area contributed by atoms with E-state index < -0.39 is 10.0 Å². The minimum atomic E-state index is -3.07. The van der Waals surface area contributed by atoms with Crippen LogP contribution in [0.4, 0.5) is 4.39 Å². The van der Waals surface area contributed by atoms with Gasteiger partial charge in [0.25, 0.3) is 0 Å². The third-order valence-corrected chi connectivity index (χ3v) is 5.82. The lowest BCUT2D eigenvalue weighted by Gasteiger charge is -2.31. The summed E-state index contributed by atoms with van der Waals surface area (Å²) >= 11 is 0. The van der Waals surface area contributed by atoms with E-state index in [0.29, 0.717) is 19.0 Å². The van der Waals surface area contributed by atoms with E-state index in [1.807, 2.05) is 6.07 Å². The maximum absolute atomic E-state index is 13.1. The quantitative estimate of drug-likeness (QED) is 0.838. The molecule has 2 rings (SSSR count). The number of piperidine rings is 1. The molecule has 0 aliphatic carbocycles. The maximum atomic E-state index is 13.1. The zero-order valence-electron chi connectivity index (χ0n) is 11.9. The Labute approximate surface area is 120 Å². The zero-order chi connectivity index (χ0) is 14.6. The maximum Gasteiger partial charge on any atom is 0.213 e. The number of benzene rings is 1. The number of halogens is 1. The molecule has 112 valence electrons. The van der Waals surface area contributed by atoms with Crippen molar-refractivity contribution in [2.24, 2.45) is 5.92 Å². The van der Waals surface area contributed by atoms with Crippen molar-refractivity contribution in [3.05, 3.63) is 35.6 Å². The van der Waals surface area contributed by atoms with Crippen LogP contribution in [-0.4, -0.2) is 31.6 Å². The first-order valence-corrected chi connectivity index (χ1v) is 8.84. The molecule has 0 aromatic heterocycles. The molecule has 0 N–H and O–H groups in total. The standard InChI is InChI=1S/C15H22FNO2S/c1-2-20(18,19)17-10-4-6-14(12-17)9-8-13-5-3-7-15(16)11-13/h3,5,7,11,14H,2,4,6,8-10,12H2,1H3/t14-/m1/s1. The topological polar surface area (TPSA) is 37.4 Å². The predicted molar refractivity (Wildman–Crippen MR) is 78.5 cm³/mol. The highest BCUT2D eigenvalue weighted by atomic mass is 32.2. The van der Waals surface area contributed by atoms with Crippen molar-refractivity contribution < 1.29 is 12.8 Å². The minimum Gasteiger partial charge on any atom is -0.212 e. The molecule has 20 heavy (non-hydrogen) atoms. The van der Waals surface area contributed by atoms with Crippen LogP contribution in [0.15, 0.2) is 24.3 Å². The molecular weight excluding hydrogens is 277 g/mol. The predicted octanol–water partition coefficient (Wildman–Crippen LogP) is 2.82. The van der Waals surface area contributed by atoms with Gasteiger partial charge in [0.15, 0.2) is 0 Å². The van der Waals surface area contributed by atoms with E-state index in [4.69, 9.17) is 0 Å². The van der Waals surface area contributed by atoms with Crippen molar-refractivity contribution in [2.75, 3.05) is 18.8 Å². The number of hydrogen-bond acceptors (Lipinski definition) is 2. The van der Waals surface area contributed by atoms with E-state index in [1.54, 1.807) is 23.4 Å². The number of rotatable bonds is 5. The monoisotopic (exact) mass is 299 g/mol. The number of sulfonamides is 1. The Morgan fingerprint density at radius 1 is 1.40 bits per heavy atom. The largest absolute Gasteiger partial charge is 0.213 e. The summed E-state index contributed by atoms with van der Waals surface area (Å²) in [6, 6.07) is 6.65. The lowest BCUT2D eigenvalue weighted by atomic mass is 9.93. The molecule has 0 spiro atoms. The van der Waals surface area contributed by atoms with Gasteiger partial charge in [-0.1, -0.05) is 12.1 Å². The number of nitrogens with zero attached hydrogens (tertiary/aromatic N) is 1. The van der Waals surface area contributed by atoms with Gasteiger partial charge in [0.05, 0.1) is 5.75 Å². The molecule has 1 aliphatic rings. The van der Waals surface area contributed by atoms with Crippen molar-refractivity contribution in [3.8, 4) is 0 Å². The first-order valence-electron chi connectivity index (χ1n) is 7.23. The minimum absolute atomic E-state index is 0.170. The van der Waals surface area contributed by atoms with Gasteiger partial charge in [-0.15, -0.1) is 0 Å². The third-order valence-electron chi connectivity index (χ3n) is 3.97. The average Bonchev–Trinajstić information content (AvgIpc) is 2.45. The van der Waals surface area contributed by atoms with Crippen LogP contribution in [0.2, 0.25) is 0 Å². The van der Waals surface area contributed by atoms with Crippen LogP contribution in [0.1, 0.15) is 31.7 Å².